The van der Waals surface area contributed by atoms with E-state index in [1.54, 1.807) is 18.6 Å². The largest absolute Gasteiger partial charge is 0.397 e. The summed E-state index contributed by atoms with van der Waals surface area (Å²) in [6, 6.07) is 1.97. The number of hydrogen-bond acceptors (Lipinski definition) is 6. The van der Waals surface area contributed by atoms with E-state index in [1.807, 2.05) is 13.0 Å². The SMILES string of the molecule is Cc1cc(N)cnc1NCCC1(C2CCN(c3ncc(Cl)cn3)CC2)CC1. The second kappa shape index (κ2) is 7.50. The van der Waals surface area contributed by atoms with Crippen LogP contribution in [0.5, 0.6) is 0 Å². The molecule has 0 amide bonds. The minimum absolute atomic E-state index is 0.516. The molecule has 1 aliphatic carbocycles. The predicted molar refractivity (Wildman–Crippen MR) is 110 cm³/mol. The maximum atomic E-state index is 5.89. The molecular formula is C20H27ClN6. The standard InChI is InChI=1S/C20H27ClN6/c1-14-10-17(22)13-24-18(14)23-7-6-20(4-5-20)15-2-8-27(9-3-15)19-25-11-16(21)12-26-19/h10-13,15H,2-9,22H2,1H3,(H,23,24). The zero-order chi connectivity index (χ0) is 18.9. The summed E-state index contributed by atoms with van der Waals surface area (Å²) in [5, 5.41) is 4.09. The van der Waals surface area contributed by atoms with Crippen LogP contribution >= 0.6 is 11.6 Å². The third kappa shape index (κ3) is 4.10. The van der Waals surface area contributed by atoms with Crippen LogP contribution in [0.15, 0.2) is 24.7 Å². The number of nitrogen functional groups attached to an aromatic ring is 1. The fraction of sp³-hybridized carbons (Fsp3) is 0.550. The van der Waals surface area contributed by atoms with Crippen molar-refractivity contribution in [2.75, 3.05) is 35.6 Å². The molecule has 2 fully saturated rings. The smallest absolute Gasteiger partial charge is 0.225 e. The highest BCUT2D eigenvalue weighted by molar-refractivity contribution is 6.30. The molecule has 2 aromatic rings. The van der Waals surface area contributed by atoms with Gasteiger partial charge in [0.2, 0.25) is 5.95 Å². The molecule has 1 saturated heterocycles. The highest BCUT2D eigenvalue weighted by Gasteiger charge is 2.49. The molecule has 2 aliphatic rings. The predicted octanol–water partition coefficient (Wildman–Crippen LogP) is 3.91. The third-order valence-electron chi connectivity index (χ3n) is 6.16. The second-order valence-corrected chi connectivity index (χ2v) is 8.37. The number of nitrogens with one attached hydrogen (secondary N) is 1. The highest BCUT2D eigenvalue weighted by atomic mass is 35.5. The normalized spacial score (nSPS) is 19.1. The molecule has 3 heterocycles. The van der Waals surface area contributed by atoms with Crippen molar-refractivity contribution in [3.63, 3.8) is 0 Å². The minimum Gasteiger partial charge on any atom is -0.397 e. The van der Waals surface area contributed by atoms with Crippen molar-refractivity contribution in [2.45, 2.75) is 39.0 Å². The van der Waals surface area contributed by atoms with Crippen LogP contribution in [-0.4, -0.2) is 34.6 Å². The van der Waals surface area contributed by atoms with E-state index in [9.17, 15) is 0 Å². The van der Waals surface area contributed by atoms with Gasteiger partial charge >= 0.3 is 0 Å². The number of nitrogens with two attached hydrogens (primary N) is 1. The van der Waals surface area contributed by atoms with E-state index in [0.717, 1.165) is 42.9 Å². The number of piperidine rings is 1. The molecule has 0 atom stereocenters. The number of halogens is 1. The van der Waals surface area contributed by atoms with Crippen LogP contribution < -0.4 is 16.0 Å². The lowest BCUT2D eigenvalue weighted by molar-refractivity contribution is 0.241. The van der Waals surface area contributed by atoms with Gasteiger partial charge in [0.1, 0.15) is 5.82 Å². The van der Waals surface area contributed by atoms with E-state index >= 15 is 0 Å². The van der Waals surface area contributed by atoms with E-state index in [0.29, 0.717) is 16.1 Å². The first-order valence-electron chi connectivity index (χ1n) is 9.74. The fourth-order valence-electron chi connectivity index (χ4n) is 4.39. The van der Waals surface area contributed by atoms with Gasteiger partial charge in [-0.05, 0) is 62.0 Å². The Morgan fingerprint density at radius 1 is 1.19 bits per heavy atom. The van der Waals surface area contributed by atoms with Gasteiger partial charge in [-0.3, -0.25) is 0 Å². The first-order chi connectivity index (χ1) is 13.1. The summed E-state index contributed by atoms with van der Waals surface area (Å²) in [5.41, 5.74) is 8.12. The molecule has 0 unspecified atom stereocenters. The van der Waals surface area contributed by atoms with Crippen molar-refractivity contribution >= 4 is 29.1 Å². The molecule has 1 saturated carbocycles. The lowest BCUT2D eigenvalue weighted by atomic mass is 9.79. The van der Waals surface area contributed by atoms with Crippen molar-refractivity contribution in [3.05, 3.63) is 35.2 Å². The van der Waals surface area contributed by atoms with Crippen LogP contribution in [0.4, 0.5) is 17.5 Å². The molecule has 0 aromatic carbocycles. The van der Waals surface area contributed by atoms with Crippen molar-refractivity contribution in [3.8, 4) is 0 Å². The Kier molecular flexibility index (Phi) is 5.08. The number of rotatable bonds is 6. The molecule has 7 heteroatoms. The number of anilines is 3. The molecule has 0 bridgehead atoms. The van der Waals surface area contributed by atoms with E-state index in [1.165, 1.54) is 32.1 Å². The van der Waals surface area contributed by atoms with Crippen molar-refractivity contribution in [2.24, 2.45) is 11.3 Å². The molecule has 6 nitrogen and oxygen atoms in total. The van der Waals surface area contributed by atoms with Crippen molar-refractivity contribution in [1.29, 1.82) is 0 Å². The average molecular weight is 387 g/mol. The van der Waals surface area contributed by atoms with E-state index < -0.39 is 0 Å². The average Bonchev–Trinajstić information content (AvgIpc) is 3.45. The minimum atomic E-state index is 0.516. The van der Waals surface area contributed by atoms with Crippen LogP contribution in [0.3, 0.4) is 0 Å². The fourth-order valence-corrected chi connectivity index (χ4v) is 4.49. The Morgan fingerprint density at radius 2 is 1.89 bits per heavy atom. The first kappa shape index (κ1) is 18.3. The summed E-state index contributed by atoms with van der Waals surface area (Å²) in [4.78, 5) is 15.4. The topological polar surface area (TPSA) is 80.0 Å². The summed E-state index contributed by atoms with van der Waals surface area (Å²) in [5.74, 6) is 2.55. The molecule has 2 aromatic heterocycles. The Bertz CT molecular complexity index is 782. The zero-order valence-electron chi connectivity index (χ0n) is 15.8. The number of hydrogen-bond donors (Lipinski definition) is 2. The monoisotopic (exact) mass is 386 g/mol. The van der Waals surface area contributed by atoms with Crippen LogP contribution in [-0.2, 0) is 0 Å². The Labute approximate surface area is 165 Å². The van der Waals surface area contributed by atoms with Crippen LogP contribution in [0, 0.1) is 18.3 Å². The number of aryl methyl sites for hydroxylation is 1. The van der Waals surface area contributed by atoms with E-state index in [-0.39, 0.29) is 0 Å². The van der Waals surface area contributed by atoms with Crippen molar-refractivity contribution in [1.82, 2.24) is 15.0 Å². The summed E-state index contributed by atoms with van der Waals surface area (Å²) in [6.45, 7) is 5.08. The van der Waals surface area contributed by atoms with Gasteiger partial charge in [0.05, 0.1) is 29.3 Å². The molecule has 144 valence electrons. The lowest BCUT2D eigenvalue weighted by Gasteiger charge is -2.36. The second-order valence-electron chi connectivity index (χ2n) is 7.94. The van der Waals surface area contributed by atoms with Gasteiger partial charge in [-0.2, -0.15) is 0 Å². The molecule has 3 N–H and O–H groups in total. The molecular weight excluding hydrogens is 360 g/mol. The van der Waals surface area contributed by atoms with Crippen LogP contribution in [0.2, 0.25) is 5.02 Å². The molecule has 27 heavy (non-hydrogen) atoms. The number of nitrogens with zero attached hydrogens (tertiary/aromatic N) is 4. The number of aromatic nitrogens is 3. The van der Waals surface area contributed by atoms with Gasteiger partial charge in [-0.25, -0.2) is 15.0 Å². The Hall–Kier alpha value is -2.08. The van der Waals surface area contributed by atoms with Gasteiger partial charge in [0.15, 0.2) is 0 Å². The number of pyridine rings is 1. The van der Waals surface area contributed by atoms with Gasteiger partial charge in [-0.1, -0.05) is 11.6 Å². The maximum absolute atomic E-state index is 5.89. The molecule has 0 spiro atoms. The maximum Gasteiger partial charge on any atom is 0.225 e. The highest BCUT2D eigenvalue weighted by Crippen LogP contribution is 2.57. The van der Waals surface area contributed by atoms with E-state index in [4.69, 9.17) is 17.3 Å². The van der Waals surface area contributed by atoms with Crippen molar-refractivity contribution < 1.29 is 0 Å². The Balaban J connectivity index is 1.28. The van der Waals surface area contributed by atoms with Gasteiger partial charge in [-0.15, -0.1) is 0 Å². The molecule has 1 aliphatic heterocycles. The van der Waals surface area contributed by atoms with E-state index in [2.05, 4.69) is 25.2 Å². The molecule has 4 rings (SSSR count). The summed E-state index contributed by atoms with van der Waals surface area (Å²) < 4.78 is 0. The van der Waals surface area contributed by atoms with Gasteiger partial charge < -0.3 is 16.0 Å². The first-order valence-corrected chi connectivity index (χ1v) is 10.1. The zero-order valence-corrected chi connectivity index (χ0v) is 16.5. The summed E-state index contributed by atoms with van der Waals surface area (Å²) >= 11 is 5.89. The third-order valence-corrected chi connectivity index (χ3v) is 6.35. The Morgan fingerprint density at radius 3 is 2.52 bits per heavy atom. The quantitative estimate of drug-likeness (QED) is 0.783. The summed E-state index contributed by atoms with van der Waals surface area (Å²) in [6.07, 6.45) is 11.4. The molecule has 0 radical (unpaired) electrons. The lowest BCUT2D eigenvalue weighted by Crippen LogP contribution is -2.38. The van der Waals surface area contributed by atoms with Crippen LogP contribution in [0.25, 0.3) is 0 Å². The van der Waals surface area contributed by atoms with Crippen LogP contribution in [0.1, 0.15) is 37.7 Å². The van der Waals surface area contributed by atoms with Gasteiger partial charge in [0, 0.05) is 19.6 Å². The summed E-state index contributed by atoms with van der Waals surface area (Å²) in [7, 11) is 0. The van der Waals surface area contributed by atoms with Gasteiger partial charge in [0.25, 0.3) is 0 Å².